The maximum absolute atomic E-state index is 13.1. The number of benzene rings is 3. The van der Waals surface area contributed by atoms with E-state index in [1.807, 2.05) is 66.7 Å². The van der Waals surface area contributed by atoms with Gasteiger partial charge < -0.3 is 29.6 Å². The van der Waals surface area contributed by atoms with Crippen LogP contribution in [0, 0.1) is 11.8 Å². The molecule has 2 aliphatic rings. The lowest BCUT2D eigenvalue weighted by molar-refractivity contribution is -0.0974. The van der Waals surface area contributed by atoms with Gasteiger partial charge in [0.25, 0.3) is 0 Å². The summed E-state index contributed by atoms with van der Waals surface area (Å²) in [7, 11) is 1.36. The summed E-state index contributed by atoms with van der Waals surface area (Å²) in [4.78, 5) is 24.8. The van der Waals surface area contributed by atoms with Crippen molar-refractivity contribution in [3.63, 3.8) is 0 Å². The molecule has 8 nitrogen and oxygen atoms in total. The van der Waals surface area contributed by atoms with E-state index in [9.17, 15) is 9.59 Å². The van der Waals surface area contributed by atoms with Gasteiger partial charge in [-0.2, -0.15) is 0 Å². The zero-order valence-electron chi connectivity index (χ0n) is 21.7. The molecule has 3 aromatic carbocycles. The second-order valence-corrected chi connectivity index (χ2v) is 9.62. The van der Waals surface area contributed by atoms with Gasteiger partial charge in [-0.25, -0.2) is 9.59 Å². The predicted octanol–water partition coefficient (Wildman–Crippen LogP) is 4.52. The van der Waals surface area contributed by atoms with Crippen LogP contribution in [0.15, 0.2) is 78.9 Å². The minimum Gasteiger partial charge on any atom is -0.489 e. The summed E-state index contributed by atoms with van der Waals surface area (Å²) in [5.74, 6) is 0.601. The third-order valence-corrected chi connectivity index (χ3v) is 7.02. The summed E-state index contributed by atoms with van der Waals surface area (Å²) in [6.45, 7) is 3.07. The number of methoxy groups -OCH3 is 1. The van der Waals surface area contributed by atoms with Crippen molar-refractivity contribution in [2.24, 2.45) is 11.8 Å². The predicted molar refractivity (Wildman–Crippen MR) is 148 cm³/mol. The number of nitrogens with one attached hydrogen (secondary N) is 2. The first kappa shape index (κ1) is 28.4. The fourth-order valence-corrected chi connectivity index (χ4v) is 5.03. The molecule has 0 aliphatic carbocycles. The highest BCUT2D eigenvalue weighted by atomic mass is 35.5. The normalized spacial score (nSPS) is 20.6. The molecule has 206 valence electrons. The molecule has 2 bridgehead atoms. The van der Waals surface area contributed by atoms with E-state index in [-0.39, 0.29) is 36.3 Å². The first-order valence-corrected chi connectivity index (χ1v) is 12.8. The molecule has 1 amide bonds. The minimum absolute atomic E-state index is 0. The SMILES string of the molecule is COC(=O)c1ccc(COc2cccc(C(NC(=O)OC3C4CNCC3COC4)c3ccccc3)c2)cc1.Cl. The zero-order valence-corrected chi connectivity index (χ0v) is 22.5. The van der Waals surface area contributed by atoms with E-state index in [4.69, 9.17) is 18.9 Å². The Bertz CT molecular complexity index is 1220. The minimum atomic E-state index is -0.445. The number of piperidine rings is 1. The molecule has 3 atom stereocenters. The van der Waals surface area contributed by atoms with Crippen LogP contribution in [-0.2, 0) is 20.8 Å². The van der Waals surface area contributed by atoms with Gasteiger partial charge in [0, 0.05) is 24.9 Å². The van der Waals surface area contributed by atoms with Crippen LogP contribution in [-0.4, -0.2) is 51.6 Å². The Balaban J connectivity index is 0.00000353. The number of hydrogen-bond donors (Lipinski definition) is 2. The van der Waals surface area contributed by atoms with E-state index in [1.165, 1.54) is 7.11 Å². The van der Waals surface area contributed by atoms with Crippen molar-refractivity contribution in [2.45, 2.75) is 18.8 Å². The number of esters is 1. The molecule has 2 aliphatic heterocycles. The quantitative estimate of drug-likeness (QED) is 0.397. The van der Waals surface area contributed by atoms with E-state index >= 15 is 0 Å². The van der Waals surface area contributed by atoms with Gasteiger partial charge in [-0.05, 0) is 41.0 Å². The first-order valence-electron chi connectivity index (χ1n) is 12.8. The maximum atomic E-state index is 13.1. The van der Waals surface area contributed by atoms with Crippen molar-refractivity contribution in [2.75, 3.05) is 33.4 Å². The third kappa shape index (κ3) is 7.09. The van der Waals surface area contributed by atoms with Gasteiger partial charge in [-0.1, -0.05) is 54.6 Å². The number of fused-ring (bicyclic) bond motifs is 2. The number of ether oxygens (including phenoxy) is 4. The highest BCUT2D eigenvalue weighted by Gasteiger charge is 2.40. The van der Waals surface area contributed by atoms with Crippen LogP contribution in [0.5, 0.6) is 5.75 Å². The van der Waals surface area contributed by atoms with Gasteiger partial charge in [0.15, 0.2) is 0 Å². The molecule has 5 rings (SSSR count). The molecule has 3 aromatic rings. The van der Waals surface area contributed by atoms with E-state index in [0.717, 1.165) is 29.8 Å². The largest absolute Gasteiger partial charge is 0.489 e. The Morgan fingerprint density at radius 1 is 0.949 bits per heavy atom. The summed E-state index contributed by atoms with van der Waals surface area (Å²) >= 11 is 0. The summed E-state index contributed by atoms with van der Waals surface area (Å²) in [5, 5.41) is 6.48. The monoisotopic (exact) mass is 552 g/mol. The summed E-state index contributed by atoms with van der Waals surface area (Å²) in [6, 6.07) is 24.2. The second kappa shape index (κ2) is 13.5. The summed E-state index contributed by atoms with van der Waals surface area (Å²) in [5.41, 5.74) is 3.22. The molecule has 2 fully saturated rings. The zero-order chi connectivity index (χ0) is 26.3. The number of hydrogen-bond acceptors (Lipinski definition) is 7. The lowest BCUT2D eigenvalue weighted by atomic mass is 9.86. The van der Waals surface area contributed by atoms with Crippen molar-refractivity contribution in [3.05, 3.63) is 101 Å². The standard InChI is InChI=1S/C30H32N2O6.ClH/c1-35-29(33)22-12-10-20(11-13-22)17-37-26-9-5-8-23(14-26)27(21-6-3-2-4-7-21)32-30(34)38-28-24-15-31-16-25(28)19-36-18-24;/h2-14,24-25,27-28,31H,15-19H2,1H3,(H,32,34);1H. The molecule has 0 spiro atoms. The summed E-state index contributed by atoms with van der Waals surface area (Å²) < 4.78 is 22.4. The first-order chi connectivity index (χ1) is 18.6. The molecule has 2 N–H and O–H groups in total. The molecule has 3 unspecified atom stereocenters. The number of carbonyl (C=O) groups excluding carboxylic acids is 2. The summed E-state index contributed by atoms with van der Waals surface area (Å²) in [6.07, 6.45) is -0.610. The average Bonchev–Trinajstić information content (AvgIpc) is 2.95. The third-order valence-electron chi connectivity index (χ3n) is 7.02. The van der Waals surface area contributed by atoms with Crippen LogP contribution in [0.4, 0.5) is 4.79 Å². The van der Waals surface area contributed by atoms with Crippen LogP contribution in [0.2, 0.25) is 0 Å². The van der Waals surface area contributed by atoms with Crippen LogP contribution >= 0.6 is 12.4 Å². The average molecular weight is 553 g/mol. The topological polar surface area (TPSA) is 95.1 Å². The Morgan fingerprint density at radius 3 is 2.33 bits per heavy atom. The van der Waals surface area contributed by atoms with Gasteiger partial charge in [0.1, 0.15) is 18.5 Å². The molecule has 0 radical (unpaired) electrons. The number of halogens is 1. The van der Waals surface area contributed by atoms with E-state index in [0.29, 0.717) is 31.1 Å². The van der Waals surface area contributed by atoms with E-state index in [2.05, 4.69) is 10.6 Å². The Labute approximate surface area is 234 Å². The number of carbonyl (C=O) groups is 2. The van der Waals surface area contributed by atoms with Crippen LogP contribution < -0.4 is 15.4 Å². The number of amides is 1. The molecular formula is C30H33ClN2O6. The molecule has 39 heavy (non-hydrogen) atoms. The molecule has 9 heteroatoms. The number of rotatable bonds is 8. The van der Waals surface area contributed by atoms with E-state index < -0.39 is 12.1 Å². The van der Waals surface area contributed by atoms with Gasteiger partial charge >= 0.3 is 12.1 Å². The maximum Gasteiger partial charge on any atom is 0.408 e. The van der Waals surface area contributed by atoms with Crippen molar-refractivity contribution in [1.29, 1.82) is 0 Å². The van der Waals surface area contributed by atoms with E-state index in [1.54, 1.807) is 12.1 Å². The highest BCUT2D eigenvalue weighted by Crippen LogP contribution is 2.29. The van der Waals surface area contributed by atoms with Gasteiger partial charge in [-0.15, -0.1) is 12.4 Å². The number of alkyl carbamates (subject to hydrolysis) is 1. The van der Waals surface area contributed by atoms with Crippen molar-refractivity contribution in [1.82, 2.24) is 10.6 Å². The Kier molecular flexibility index (Phi) is 9.81. The fraction of sp³-hybridized carbons (Fsp3) is 0.333. The lowest BCUT2D eigenvalue weighted by Crippen LogP contribution is -2.56. The van der Waals surface area contributed by atoms with Crippen molar-refractivity contribution in [3.8, 4) is 5.75 Å². The Hall–Kier alpha value is -3.59. The fourth-order valence-electron chi connectivity index (χ4n) is 5.03. The van der Waals surface area contributed by atoms with Gasteiger partial charge in [0.2, 0.25) is 0 Å². The Morgan fingerprint density at radius 2 is 1.64 bits per heavy atom. The second-order valence-electron chi connectivity index (χ2n) is 9.62. The van der Waals surface area contributed by atoms with Gasteiger partial charge in [0.05, 0.1) is 31.9 Å². The lowest BCUT2D eigenvalue weighted by Gasteiger charge is -2.41. The molecule has 2 saturated heterocycles. The van der Waals surface area contributed by atoms with Crippen molar-refractivity contribution < 1.29 is 28.5 Å². The molecule has 0 saturated carbocycles. The van der Waals surface area contributed by atoms with Crippen LogP contribution in [0.25, 0.3) is 0 Å². The highest BCUT2D eigenvalue weighted by molar-refractivity contribution is 5.89. The van der Waals surface area contributed by atoms with Crippen LogP contribution in [0.1, 0.15) is 33.1 Å². The molecule has 0 aromatic heterocycles. The van der Waals surface area contributed by atoms with Gasteiger partial charge in [-0.3, -0.25) is 0 Å². The van der Waals surface area contributed by atoms with Crippen LogP contribution in [0.3, 0.4) is 0 Å². The molecular weight excluding hydrogens is 520 g/mol. The smallest absolute Gasteiger partial charge is 0.408 e. The molecule has 2 heterocycles. The van der Waals surface area contributed by atoms with Crippen molar-refractivity contribution >= 4 is 24.5 Å².